The van der Waals surface area contributed by atoms with Gasteiger partial charge >= 0.3 is 17.9 Å². The quantitative estimate of drug-likeness (QED) is 0.0351. The molecule has 0 bridgehead atoms. The summed E-state index contributed by atoms with van der Waals surface area (Å²) in [4.78, 5) is 37.7. The van der Waals surface area contributed by atoms with Gasteiger partial charge in [-0.3, -0.25) is 14.4 Å². The zero-order valence-electron chi connectivity index (χ0n) is 36.0. The van der Waals surface area contributed by atoms with Gasteiger partial charge in [0, 0.05) is 19.3 Å². The molecule has 0 fully saturated rings. The van der Waals surface area contributed by atoms with Gasteiger partial charge in [0.15, 0.2) is 6.10 Å². The Bertz CT molecular complexity index is 798. The molecule has 6 nitrogen and oxygen atoms in total. The van der Waals surface area contributed by atoms with Gasteiger partial charge in [0.1, 0.15) is 13.2 Å². The van der Waals surface area contributed by atoms with Crippen molar-refractivity contribution >= 4 is 17.9 Å². The number of carbonyl (C=O) groups is 3. The van der Waals surface area contributed by atoms with E-state index in [1.54, 1.807) is 0 Å². The van der Waals surface area contributed by atoms with Gasteiger partial charge < -0.3 is 14.2 Å². The van der Waals surface area contributed by atoms with Crippen LogP contribution < -0.4 is 0 Å². The summed E-state index contributed by atoms with van der Waals surface area (Å²) in [5.41, 5.74) is 0. The molecule has 0 aromatic carbocycles. The Labute approximate surface area is 329 Å². The Kier molecular flexibility index (Phi) is 40.3. The molecule has 0 aromatic heterocycles. The second kappa shape index (κ2) is 41.6. The molecule has 6 heteroatoms. The van der Waals surface area contributed by atoms with E-state index in [0.717, 1.165) is 63.7 Å². The maximum absolute atomic E-state index is 12.7. The first-order valence-corrected chi connectivity index (χ1v) is 23.4. The van der Waals surface area contributed by atoms with Crippen molar-refractivity contribution in [1.82, 2.24) is 0 Å². The molecule has 0 aliphatic heterocycles. The first-order valence-electron chi connectivity index (χ1n) is 23.4. The molecule has 0 saturated heterocycles. The second-order valence-electron chi connectivity index (χ2n) is 16.3. The van der Waals surface area contributed by atoms with E-state index in [0.29, 0.717) is 19.3 Å². The van der Waals surface area contributed by atoms with Crippen LogP contribution in [0.4, 0.5) is 0 Å². The average Bonchev–Trinajstić information content (AvgIpc) is 3.15. The van der Waals surface area contributed by atoms with Gasteiger partial charge in [-0.15, -0.1) is 0 Å². The van der Waals surface area contributed by atoms with E-state index < -0.39 is 6.10 Å². The molecule has 0 aromatic rings. The van der Waals surface area contributed by atoms with E-state index in [1.165, 1.54) is 154 Å². The van der Waals surface area contributed by atoms with Gasteiger partial charge in [-0.2, -0.15) is 0 Å². The Morgan fingerprint density at radius 3 is 0.981 bits per heavy atom. The van der Waals surface area contributed by atoms with Gasteiger partial charge in [0.2, 0.25) is 0 Å². The van der Waals surface area contributed by atoms with Crippen molar-refractivity contribution < 1.29 is 28.6 Å². The third kappa shape index (κ3) is 39.9. The molecule has 53 heavy (non-hydrogen) atoms. The monoisotopic (exact) mass is 751 g/mol. The number of rotatable bonds is 42. The fourth-order valence-electron chi connectivity index (χ4n) is 6.95. The van der Waals surface area contributed by atoms with Crippen LogP contribution in [0.3, 0.4) is 0 Å². The van der Waals surface area contributed by atoms with Gasteiger partial charge in [-0.1, -0.05) is 220 Å². The summed E-state index contributed by atoms with van der Waals surface area (Å²) in [6.07, 6.45) is 40.8. The third-order valence-electron chi connectivity index (χ3n) is 10.9. The highest BCUT2D eigenvalue weighted by Crippen LogP contribution is 2.17. The van der Waals surface area contributed by atoms with Crippen LogP contribution in [-0.2, 0) is 28.6 Å². The van der Waals surface area contributed by atoms with Crippen molar-refractivity contribution in [2.45, 2.75) is 265 Å². The molecule has 2 atom stereocenters. The van der Waals surface area contributed by atoms with E-state index in [1.807, 2.05) is 0 Å². The highest BCUT2D eigenvalue weighted by atomic mass is 16.6. The number of hydrogen-bond acceptors (Lipinski definition) is 6. The largest absolute Gasteiger partial charge is 0.462 e. The van der Waals surface area contributed by atoms with E-state index in [9.17, 15) is 14.4 Å². The van der Waals surface area contributed by atoms with Crippen LogP contribution in [0.15, 0.2) is 0 Å². The van der Waals surface area contributed by atoms with Crippen LogP contribution in [-0.4, -0.2) is 37.2 Å². The second-order valence-corrected chi connectivity index (χ2v) is 16.3. The zero-order chi connectivity index (χ0) is 38.9. The average molecular weight is 751 g/mol. The number of unbranched alkanes of at least 4 members (excludes halogenated alkanes) is 28. The lowest BCUT2D eigenvalue weighted by Gasteiger charge is -2.18. The van der Waals surface area contributed by atoms with Crippen molar-refractivity contribution in [2.75, 3.05) is 13.2 Å². The molecular weight excluding hydrogens is 661 g/mol. The number of ether oxygens (including phenoxy) is 3. The highest BCUT2D eigenvalue weighted by molar-refractivity contribution is 5.71. The van der Waals surface area contributed by atoms with E-state index in [-0.39, 0.29) is 31.1 Å². The van der Waals surface area contributed by atoms with Crippen molar-refractivity contribution in [1.29, 1.82) is 0 Å². The Morgan fingerprint density at radius 2 is 0.660 bits per heavy atom. The molecular formula is C47H90O6. The SMILES string of the molecule is CCCCCCCCCCCCCCC(=O)O[C@@H](COC(=O)CCCCCCCCCCC)COC(=O)CCCCCCCCCCCCC(C)CC. The first-order chi connectivity index (χ1) is 25.9. The van der Waals surface area contributed by atoms with Crippen molar-refractivity contribution in [3.8, 4) is 0 Å². The molecule has 314 valence electrons. The first kappa shape index (κ1) is 51.4. The fraction of sp³-hybridized carbons (Fsp3) is 0.936. The summed E-state index contributed by atoms with van der Waals surface area (Å²) in [6, 6.07) is 0. The lowest BCUT2D eigenvalue weighted by molar-refractivity contribution is -0.167. The molecule has 0 radical (unpaired) electrons. The Balaban J connectivity index is 4.31. The predicted molar refractivity (Wildman–Crippen MR) is 224 cm³/mol. The zero-order valence-corrected chi connectivity index (χ0v) is 36.0. The van der Waals surface area contributed by atoms with Crippen molar-refractivity contribution in [2.24, 2.45) is 5.92 Å². The molecule has 0 spiro atoms. The molecule has 0 N–H and O–H groups in total. The summed E-state index contributed by atoms with van der Waals surface area (Å²) >= 11 is 0. The van der Waals surface area contributed by atoms with Crippen LogP contribution >= 0.6 is 0 Å². The lowest BCUT2D eigenvalue weighted by Crippen LogP contribution is -2.30. The van der Waals surface area contributed by atoms with Crippen molar-refractivity contribution in [3.05, 3.63) is 0 Å². The van der Waals surface area contributed by atoms with Crippen LogP contribution in [0.5, 0.6) is 0 Å². The predicted octanol–water partition coefficient (Wildman–Crippen LogP) is 14.7. The molecule has 0 heterocycles. The molecule has 0 amide bonds. The Morgan fingerprint density at radius 1 is 0.377 bits per heavy atom. The van der Waals surface area contributed by atoms with Crippen LogP contribution in [0.2, 0.25) is 0 Å². The minimum absolute atomic E-state index is 0.0638. The van der Waals surface area contributed by atoms with Gasteiger partial charge in [-0.25, -0.2) is 0 Å². The summed E-state index contributed by atoms with van der Waals surface area (Å²) in [5.74, 6) is 0.0151. The van der Waals surface area contributed by atoms with Crippen molar-refractivity contribution in [3.63, 3.8) is 0 Å². The van der Waals surface area contributed by atoms with Gasteiger partial charge in [-0.05, 0) is 25.2 Å². The van der Waals surface area contributed by atoms with Crippen LogP contribution in [0, 0.1) is 5.92 Å². The molecule has 0 aliphatic carbocycles. The highest BCUT2D eigenvalue weighted by Gasteiger charge is 2.19. The van der Waals surface area contributed by atoms with Gasteiger partial charge in [0.05, 0.1) is 0 Å². The maximum Gasteiger partial charge on any atom is 0.306 e. The summed E-state index contributed by atoms with van der Waals surface area (Å²) < 4.78 is 16.7. The summed E-state index contributed by atoms with van der Waals surface area (Å²) in [7, 11) is 0. The molecule has 0 aliphatic rings. The van der Waals surface area contributed by atoms with E-state index >= 15 is 0 Å². The Hall–Kier alpha value is -1.59. The van der Waals surface area contributed by atoms with E-state index in [2.05, 4.69) is 27.7 Å². The summed E-state index contributed by atoms with van der Waals surface area (Å²) in [5, 5.41) is 0. The number of esters is 3. The fourth-order valence-corrected chi connectivity index (χ4v) is 6.95. The van der Waals surface area contributed by atoms with Gasteiger partial charge in [0.25, 0.3) is 0 Å². The molecule has 1 unspecified atom stereocenters. The normalized spacial score (nSPS) is 12.5. The third-order valence-corrected chi connectivity index (χ3v) is 10.9. The van der Waals surface area contributed by atoms with Crippen LogP contribution in [0.25, 0.3) is 0 Å². The minimum atomic E-state index is -0.758. The summed E-state index contributed by atoms with van der Waals surface area (Å²) in [6.45, 7) is 9.00. The smallest absolute Gasteiger partial charge is 0.306 e. The number of hydrogen-bond donors (Lipinski definition) is 0. The maximum atomic E-state index is 12.7. The standard InChI is InChI=1S/C47H90O6/c1-5-8-10-12-14-16-17-18-24-28-32-36-40-47(50)53-44(41-51-45(48)38-34-30-26-21-15-13-11-9-6-2)42-52-46(49)39-35-31-27-23-20-19-22-25-29-33-37-43(4)7-3/h43-44H,5-42H2,1-4H3/t43?,44-/m0/s1. The molecule has 0 rings (SSSR count). The lowest BCUT2D eigenvalue weighted by atomic mass is 9.99. The number of carbonyl (C=O) groups excluding carboxylic acids is 3. The molecule has 0 saturated carbocycles. The van der Waals surface area contributed by atoms with E-state index in [4.69, 9.17) is 14.2 Å². The topological polar surface area (TPSA) is 78.9 Å². The van der Waals surface area contributed by atoms with Crippen LogP contribution in [0.1, 0.15) is 259 Å². The minimum Gasteiger partial charge on any atom is -0.462 e.